The first-order chi connectivity index (χ1) is 14.9. The largest absolute Gasteiger partial charge is 0.444 e. The van der Waals surface area contributed by atoms with Gasteiger partial charge in [0.1, 0.15) is 17.0 Å². The summed E-state index contributed by atoms with van der Waals surface area (Å²) in [5.74, 6) is 0.606. The van der Waals surface area contributed by atoms with Gasteiger partial charge in [0.25, 0.3) is 0 Å². The van der Waals surface area contributed by atoms with E-state index in [0.29, 0.717) is 12.4 Å². The van der Waals surface area contributed by atoms with Crippen LogP contribution in [-0.2, 0) is 9.47 Å². The molecule has 1 aliphatic heterocycles. The number of ether oxygens (including phenoxy) is 2. The van der Waals surface area contributed by atoms with Gasteiger partial charge in [0.2, 0.25) is 0 Å². The summed E-state index contributed by atoms with van der Waals surface area (Å²) < 4.78 is 11.3. The zero-order chi connectivity index (χ0) is 23.5. The van der Waals surface area contributed by atoms with Crippen LogP contribution in [0.3, 0.4) is 0 Å². The Morgan fingerprint density at radius 2 is 1.56 bits per heavy atom. The molecule has 1 aliphatic carbocycles. The van der Waals surface area contributed by atoms with Gasteiger partial charge in [0, 0.05) is 18.8 Å². The maximum Gasteiger partial charge on any atom is 0.416 e. The van der Waals surface area contributed by atoms with E-state index < -0.39 is 11.2 Å². The second-order valence-corrected chi connectivity index (χ2v) is 10.9. The van der Waals surface area contributed by atoms with Crippen LogP contribution in [0.1, 0.15) is 98.1 Å². The van der Waals surface area contributed by atoms with Gasteiger partial charge in [0.05, 0.1) is 6.04 Å². The molecule has 1 aromatic rings. The molecule has 178 valence electrons. The molecule has 1 saturated carbocycles. The number of amides is 2. The summed E-state index contributed by atoms with van der Waals surface area (Å²) >= 11 is 0. The molecule has 0 N–H and O–H groups in total. The van der Waals surface area contributed by atoms with E-state index in [4.69, 9.17) is 9.47 Å². The molecule has 2 fully saturated rings. The van der Waals surface area contributed by atoms with E-state index in [1.807, 2.05) is 58.6 Å². The topological polar surface area (TPSA) is 72.0 Å². The maximum atomic E-state index is 13.0. The first kappa shape index (κ1) is 24.3. The summed E-state index contributed by atoms with van der Waals surface area (Å²) in [6.45, 7) is 12.0. The molecule has 2 heterocycles. The van der Waals surface area contributed by atoms with Gasteiger partial charge in [-0.25, -0.2) is 14.6 Å². The lowest BCUT2D eigenvalue weighted by Gasteiger charge is -2.37. The van der Waals surface area contributed by atoms with Crippen LogP contribution in [0, 0.1) is 0 Å². The smallest absolute Gasteiger partial charge is 0.416 e. The number of hydrogen-bond acceptors (Lipinski definition) is 5. The Bertz CT molecular complexity index is 789. The molecule has 1 atom stereocenters. The molecule has 7 heteroatoms. The molecule has 1 aromatic heterocycles. The number of carbonyl (C=O) groups is 2. The van der Waals surface area contributed by atoms with Gasteiger partial charge in [-0.05, 0) is 85.3 Å². The van der Waals surface area contributed by atoms with Gasteiger partial charge in [-0.1, -0.05) is 18.9 Å². The zero-order valence-corrected chi connectivity index (χ0v) is 20.5. The average molecular weight is 446 g/mol. The van der Waals surface area contributed by atoms with E-state index in [0.717, 1.165) is 50.5 Å². The van der Waals surface area contributed by atoms with Gasteiger partial charge in [-0.3, -0.25) is 4.90 Å². The lowest BCUT2D eigenvalue weighted by atomic mass is 9.97. The fourth-order valence-corrected chi connectivity index (χ4v) is 4.46. The molecule has 0 spiro atoms. The van der Waals surface area contributed by atoms with Crippen LogP contribution in [-0.4, -0.2) is 45.9 Å². The lowest BCUT2D eigenvalue weighted by Crippen LogP contribution is -2.43. The van der Waals surface area contributed by atoms with Gasteiger partial charge in [-0.15, -0.1) is 0 Å². The number of likely N-dealkylation sites (tertiary alicyclic amines) is 1. The zero-order valence-electron chi connectivity index (χ0n) is 20.5. The van der Waals surface area contributed by atoms with E-state index in [1.54, 1.807) is 11.1 Å². The number of carbonyl (C=O) groups excluding carboxylic acids is 2. The van der Waals surface area contributed by atoms with E-state index in [-0.39, 0.29) is 24.3 Å². The SMILES string of the molecule is CC(C)(C)OC(=O)N1CCCCC1c1ccc(N(C(=O)OC(C)(C)C)C2CCCC2)nc1. The summed E-state index contributed by atoms with van der Waals surface area (Å²) in [7, 11) is 0. The Labute approximate surface area is 192 Å². The molecule has 2 aliphatic rings. The van der Waals surface area contributed by atoms with Crippen LogP contribution >= 0.6 is 0 Å². The normalized spacial score (nSPS) is 20.2. The quantitative estimate of drug-likeness (QED) is 0.552. The van der Waals surface area contributed by atoms with E-state index in [2.05, 4.69) is 4.98 Å². The number of pyridine rings is 1. The number of anilines is 1. The van der Waals surface area contributed by atoms with Gasteiger partial charge in [0.15, 0.2) is 0 Å². The van der Waals surface area contributed by atoms with Gasteiger partial charge < -0.3 is 14.4 Å². The predicted octanol–water partition coefficient (Wildman–Crippen LogP) is 6.23. The van der Waals surface area contributed by atoms with Crippen molar-refractivity contribution in [2.45, 2.75) is 110 Å². The maximum absolute atomic E-state index is 13.0. The monoisotopic (exact) mass is 445 g/mol. The summed E-state index contributed by atoms with van der Waals surface area (Å²) in [4.78, 5) is 34.0. The molecule has 0 bridgehead atoms. The summed E-state index contributed by atoms with van der Waals surface area (Å²) in [5, 5.41) is 0. The van der Waals surface area contributed by atoms with Crippen molar-refractivity contribution in [2.24, 2.45) is 0 Å². The number of rotatable bonds is 3. The minimum atomic E-state index is -0.566. The molecule has 1 saturated heterocycles. The van der Waals surface area contributed by atoms with Gasteiger partial charge in [-0.2, -0.15) is 0 Å². The molecule has 32 heavy (non-hydrogen) atoms. The standard InChI is InChI=1S/C25H39N3O4/c1-24(2,3)31-22(29)27-16-10-9-13-20(27)18-14-15-21(26-17-18)28(19-11-7-8-12-19)23(30)32-25(4,5)6/h14-15,17,19-20H,7-13,16H2,1-6H3. The molecule has 0 radical (unpaired) electrons. The van der Waals surface area contributed by atoms with Crippen molar-refractivity contribution in [1.29, 1.82) is 0 Å². The predicted molar refractivity (Wildman–Crippen MR) is 125 cm³/mol. The highest BCUT2D eigenvalue weighted by atomic mass is 16.6. The van der Waals surface area contributed by atoms with Crippen LogP contribution in [0.25, 0.3) is 0 Å². The van der Waals surface area contributed by atoms with Crippen molar-refractivity contribution in [3.63, 3.8) is 0 Å². The van der Waals surface area contributed by atoms with Crippen molar-refractivity contribution in [1.82, 2.24) is 9.88 Å². The molecule has 7 nitrogen and oxygen atoms in total. The summed E-state index contributed by atoms with van der Waals surface area (Å²) in [6, 6.07) is 3.92. The molecular formula is C25H39N3O4. The first-order valence-electron chi connectivity index (χ1n) is 11.9. The summed E-state index contributed by atoms with van der Waals surface area (Å²) in [6.07, 6.45) is 8.19. The minimum absolute atomic E-state index is 0.0680. The molecule has 3 rings (SSSR count). The second kappa shape index (κ2) is 9.67. The molecule has 2 amide bonds. The van der Waals surface area contributed by atoms with E-state index >= 15 is 0 Å². The highest BCUT2D eigenvalue weighted by molar-refractivity contribution is 5.87. The fraction of sp³-hybridized carbons (Fsp3) is 0.720. The Morgan fingerprint density at radius 1 is 0.938 bits per heavy atom. The average Bonchev–Trinajstić information content (AvgIpc) is 3.20. The highest BCUT2D eigenvalue weighted by Crippen LogP contribution is 2.34. The Balaban J connectivity index is 1.81. The first-order valence-corrected chi connectivity index (χ1v) is 11.9. The third-order valence-corrected chi connectivity index (χ3v) is 5.81. The highest BCUT2D eigenvalue weighted by Gasteiger charge is 2.34. The molecular weight excluding hydrogens is 406 g/mol. The second-order valence-electron chi connectivity index (χ2n) is 10.9. The van der Waals surface area contributed by atoms with Crippen LogP contribution in [0.15, 0.2) is 18.3 Å². The third-order valence-electron chi connectivity index (χ3n) is 5.81. The van der Waals surface area contributed by atoms with E-state index in [1.165, 1.54) is 0 Å². The van der Waals surface area contributed by atoms with Crippen molar-refractivity contribution in [3.05, 3.63) is 23.9 Å². The Morgan fingerprint density at radius 3 is 2.12 bits per heavy atom. The Kier molecular flexibility index (Phi) is 7.36. The number of nitrogens with zero attached hydrogens (tertiary/aromatic N) is 3. The van der Waals surface area contributed by atoms with Crippen molar-refractivity contribution >= 4 is 18.0 Å². The van der Waals surface area contributed by atoms with Crippen LogP contribution < -0.4 is 4.90 Å². The summed E-state index contributed by atoms with van der Waals surface area (Å²) in [5.41, 5.74) is -0.129. The fourth-order valence-electron chi connectivity index (χ4n) is 4.46. The van der Waals surface area contributed by atoms with Crippen LogP contribution in [0.2, 0.25) is 0 Å². The van der Waals surface area contributed by atoms with Crippen LogP contribution in [0.4, 0.5) is 15.4 Å². The number of piperidine rings is 1. The van der Waals surface area contributed by atoms with Crippen LogP contribution in [0.5, 0.6) is 0 Å². The van der Waals surface area contributed by atoms with Crippen molar-refractivity contribution in [3.8, 4) is 0 Å². The van der Waals surface area contributed by atoms with E-state index in [9.17, 15) is 9.59 Å². The van der Waals surface area contributed by atoms with Crippen molar-refractivity contribution < 1.29 is 19.1 Å². The molecule has 1 unspecified atom stereocenters. The number of hydrogen-bond donors (Lipinski definition) is 0. The van der Waals surface area contributed by atoms with Crippen molar-refractivity contribution in [2.75, 3.05) is 11.4 Å². The number of aromatic nitrogens is 1. The lowest BCUT2D eigenvalue weighted by molar-refractivity contribution is 0.00947. The molecule has 0 aromatic carbocycles. The Hall–Kier alpha value is -2.31. The van der Waals surface area contributed by atoms with Gasteiger partial charge >= 0.3 is 12.2 Å². The third kappa shape index (κ3) is 6.36. The minimum Gasteiger partial charge on any atom is -0.444 e.